The van der Waals surface area contributed by atoms with Gasteiger partial charge in [0.1, 0.15) is 23.2 Å². The number of β-lactam (4-membered cyclic amide) rings is 1. The van der Waals surface area contributed by atoms with Gasteiger partial charge in [-0.3, -0.25) is 19.8 Å². The van der Waals surface area contributed by atoms with Crippen LogP contribution in [0.2, 0.25) is 0 Å². The molecule has 0 bridgehead atoms. The number of rotatable bonds is 3. The van der Waals surface area contributed by atoms with Crippen molar-refractivity contribution in [3.63, 3.8) is 0 Å². The molecule has 3 fully saturated rings. The molecule has 3 aliphatic heterocycles. The van der Waals surface area contributed by atoms with Crippen molar-refractivity contribution in [1.29, 1.82) is 0 Å². The molecule has 2 N–H and O–H groups in total. The number of benzene rings is 1. The maximum atomic E-state index is 13.6. The number of halogens is 1. The molecule has 3 atom stereocenters. The highest BCUT2D eigenvalue weighted by Gasteiger charge is 2.64. The number of nitrogens with zero attached hydrogens (tertiary/aromatic N) is 2. The molecule has 1 unspecified atom stereocenters. The summed E-state index contributed by atoms with van der Waals surface area (Å²) in [5.41, 5.74) is 0.152. The number of nitrogens with one attached hydrogen (secondary N) is 1. The first-order chi connectivity index (χ1) is 14.4. The van der Waals surface area contributed by atoms with Gasteiger partial charge in [-0.25, -0.2) is 4.79 Å². The normalized spacial score (nSPS) is 30.5. The van der Waals surface area contributed by atoms with E-state index in [1.807, 2.05) is 30.3 Å². The summed E-state index contributed by atoms with van der Waals surface area (Å²) < 4.78 is 0. The molecule has 9 heteroatoms. The van der Waals surface area contributed by atoms with E-state index in [0.717, 1.165) is 37.7 Å². The van der Waals surface area contributed by atoms with Gasteiger partial charge in [-0.15, -0.1) is 11.8 Å². The molecule has 1 aromatic rings. The average Bonchev–Trinajstić information content (AvgIpc) is 3.01. The third kappa shape index (κ3) is 2.81. The Morgan fingerprint density at radius 2 is 1.83 bits per heavy atom. The van der Waals surface area contributed by atoms with Crippen LogP contribution in [0.4, 0.5) is 0 Å². The van der Waals surface area contributed by atoms with E-state index in [0.29, 0.717) is 5.75 Å². The zero-order valence-corrected chi connectivity index (χ0v) is 17.8. The molecular weight excluding hydrogens is 426 g/mol. The van der Waals surface area contributed by atoms with Gasteiger partial charge in [0.05, 0.1) is 10.7 Å². The second-order valence-electron chi connectivity index (χ2n) is 8.20. The van der Waals surface area contributed by atoms with Gasteiger partial charge >= 0.3 is 5.97 Å². The monoisotopic (exact) mass is 447 g/mol. The van der Waals surface area contributed by atoms with Crippen LogP contribution in [0, 0.1) is 0 Å². The molecule has 5 rings (SSSR count). The Balaban J connectivity index is 1.52. The van der Waals surface area contributed by atoms with Gasteiger partial charge in [-0.05, 0) is 31.2 Å². The van der Waals surface area contributed by atoms with Crippen molar-refractivity contribution in [3.05, 3.63) is 46.6 Å². The number of hydrogen-bond acceptors (Lipinski definition) is 5. The second kappa shape index (κ2) is 7.28. The van der Waals surface area contributed by atoms with Crippen LogP contribution < -0.4 is 5.32 Å². The Hall–Kier alpha value is -2.03. The Morgan fingerprint density at radius 3 is 2.50 bits per heavy atom. The smallest absolute Gasteiger partial charge is 0.353 e. The zero-order valence-electron chi connectivity index (χ0n) is 16.2. The van der Waals surface area contributed by atoms with Crippen LogP contribution in [0.1, 0.15) is 43.7 Å². The van der Waals surface area contributed by atoms with Crippen LogP contribution in [0.25, 0.3) is 0 Å². The molecule has 2 saturated heterocycles. The molecule has 7 nitrogen and oxygen atoms in total. The Labute approximate surface area is 183 Å². The number of carbonyl (C=O) groups excluding carboxylic acids is 2. The van der Waals surface area contributed by atoms with E-state index in [4.69, 9.17) is 11.6 Å². The fourth-order valence-corrected chi connectivity index (χ4v) is 6.81. The minimum absolute atomic E-state index is 0.112. The van der Waals surface area contributed by atoms with Crippen molar-refractivity contribution >= 4 is 41.1 Å². The summed E-state index contributed by atoms with van der Waals surface area (Å²) in [5.74, 6) is -1.37. The van der Waals surface area contributed by atoms with Crippen molar-refractivity contribution in [2.45, 2.75) is 55.2 Å². The molecule has 3 heterocycles. The van der Waals surface area contributed by atoms with Gasteiger partial charge in [-0.2, -0.15) is 0 Å². The maximum Gasteiger partial charge on any atom is 0.353 e. The molecule has 1 aliphatic carbocycles. The van der Waals surface area contributed by atoms with E-state index in [1.54, 1.807) is 4.90 Å². The lowest BCUT2D eigenvalue weighted by molar-refractivity contribution is -0.164. The molecule has 1 spiro atoms. The number of amides is 2. The van der Waals surface area contributed by atoms with Gasteiger partial charge in [0.15, 0.2) is 0 Å². The number of fused-ring (bicyclic) bond motifs is 1. The van der Waals surface area contributed by atoms with Gasteiger partial charge in [-0.1, -0.05) is 48.4 Å². The van der Waals surface area contributed by atoms with E-state index in [2.05, 4.69) is 5.32 Å². The van der Waals surface area contributed by atoms with Crippen LogP contribution in [0.15, 0.2) is 41.1 Å². The molecule has 4 aliphatic rings. The lowest BCUT2D eigenvalue weighted by Crippen LogP contribution is -2.74. The molecule has 1 aromatic carbocycles. The minimum atomic E-state index is -1.21. The minimum Gasteiger partial charge on any atom is -0.477 e. The van der Waals surface area contributed by atoms with Crippen molar-refractivity contribution in [1.82, 2.24) is 15.1 Å². The van der Waals surface area contributed by atoms with Crippen molar-refractivity contribution in [2.75, 3.05) is 5.75 Å². The van der Waals surface area contributed by atoms with Crippen molar-refractivity contribution < 1.29 is 19.5 Å². The average molecular weight is 448 g/mol. The van der Waals surface area contributed by atoms with Crippen LogP contribution in [-0.2, 0) is 14.4 Å². The third-order valence-corrected chi connectivity index (χ3v) is 8.28. The standard InChI is InChI=1S/C21H22ClN3O4S/c22-13-11-30-19-16(18(27)24(19)15(13)20(28)29)25-17(26)14(12-7-3-1-4-8-12)23-21(25)9-5-2-6-10-21/h1,3-4,7-8,14,16,19,23H,2,5-6,9-11H2,(H,28,29)/t14?,16-,19+/m1/s1. The van der Waals surface area contributed by atoms with Crippen molar-refractivity contribution in [2.24, 2.45) is 0 Å². The predicted octanol–water partition coefficient (Wildman–Crippen LogP) is 2.64. The summed E-state index contributed by atoms with van der Waals surface area (Å²) in [6, 6.07) is 8.38. The maximum absolute atomic E-state index is 13.6. The number of thioether (sulfide) groups is 1. The van der Waals surface area contributed by atoms with Gasteiger partial charge in [0, 0.05) is 5.75 Å². The number of hydrogen-bond donors (Lipinski definition) is 2. The van der Waals surface area contributed by atoms with Gasteiger partial charge in [0.25, 0.3) is 5.91 Å². The highest BCUT2D eigenvalue weighted by atomic mass is 35.5. The summed E-state index contributed by atoms with van der Waals surface area (Å²) in [7, 11) is 0. The fourth-order valence-electron chi connectivity index (χ4n) is 5.21. The van der Waals surface area contributed by atoms with Crippen LogP contribution in [0.5, 0.6) is 0 Å². The lowest BCUT2D eigenvalue weighted by Gasteiger charge is -2.55. The topological polar surface area (TPSA) is 90.0 Å². The van der Waals surface area contributed by atoms with Crippen LogP contribution >= 0.6 is 23.4 Å². The number of carboxylic acid groups (broad SMARTS) is 1. The predicted molar refractivity (Wildman–Crippen MR) is 112 cm³/mol. The fraction of sp³-hybridized carbons (Fsp3) is 0.476. The number of carboxylic acids is 1. The molecular formula is C21H22ClN3O4S. The van der Waals surface area contributed by atoms with Crippen LogP contribution in [0.3, 0.4) is 0 Å². The zero-order chi connectivity index (χ0) is 21.0. The lowest BCUT2D eigenvalue weighted by atomic mass is 9.86. The van der Waals surface area contributed by atoms with Crippen molar-refractivity contribution in [3.8, 4) is 0 Å². The first kappa shape index (κ1) is 19.9. The van der Waals surface area contributed by atoms with Gasteiger partial charge in [0.2, 0.25) is 5.91 Å². The molecule has 1 saturated carbocycles. The quantitative estimate of drug-likeness (QED) is 0.692. The summed E-state index contributed by atoms with van der Waals surface area (Å²) in [6.07, 6.45) is 4.63. The summed E-state index contributed by atoms with van der Waals surface area (Å²) in [4.78, 5) is 41.5. The highest BCUT2D eigenvalue weighted by molar-refractivity contribution is 8.00. The molecule has 30 heavy (non-hydrogen) atoms. The Morgan fingerprint density at radius 1 is 1.13 bits per heavy atom. The third-order valence-electron chi connectivity index (χ3n) is 6.55. The molecule has 2 amide bonds. The number of aliphatic carboxylic acids is 1. The largest absolute Gasteiger partial charge is 0.477 e. The first-order valence-electron chi connectivity index (χ1n) is 10.2. The molecule has 158 valence electrons. The van der Waals surface area contributed by atoms with Crippen LogP contribution in [-0.4, -0.2) is 55.5 Å². The van der Waals surface area contributed by atoms with E-state index in [-0.39, 0.29) is 22.5 Å². The first-order valence-corrected chi connectivity index (χ1v) is 11.6. The summed E-state index contributed by atoms with van der Waals surface area (Å²) >= 11 is 7.53. The highest BCUT2D eigenvalue weighted by Crippen LogP contribution is 2.49. The van der Waals surface area contributed by atoms with E-state index < -0.39 is 29.1 Å². The van der Waals surface area contributed by atoms with E-state index >= 15 is 0 Å². The molecule has 0 aromatic heterocycles. The Bertz CT molecular complexity index is 947. The summed E-state index contributed by atoms with van der Waals surface area (Å²) in [6.45, 7) is 0. The summed E-state index contributed by atoms with van der Waals surface area (Å²) in [5, 5.41) is 12.9. The van der Waals surface area contributed by atoms with Gasteiger partial charge < -0.3 is 10.0 Å². The Kier molecular flexibility index (Phi) is 4.83. The SMILES string of the molecule is O=C(O)C1=C(Cl)CS[C@H]2[C@H](N3C(=O)C(c4ccccc4)NC34CCCCC4)C(=O)N12. The molecule has 0 radical (unpaired) electrons. The second-order valence-corrected chi connectivity index (χ2v) is 9.76. The van der Waals surface area contributed by atoms with E-state index in [9.17, 15) is 19.5 Å². The van der Waals surface area contributed by atoms with E-state index in [1.165, 1.54) is 16.7 Å². The number of carbonyl (C=O) groups is 3.